The van der Waals surface area contributed by atoms with E-state index in [4.69, 9.17) is 14.2 Å². The van der Waals surface area contributed by atoms with Crippen LogP contribution >= 0.6 is 0 Å². The molecule has 0 spiro atoms. The molecule has 1 atom stereocenters. The molecule has 3 heterocycles. The van der Waals surface area contributed by atoms with Crippen LogP contribution in [0.15, 0.2) is 158 Å². The number of ether oxygens (including phenoxy) is 3. The fourth-order valence-corrected chi connectivity index (χ4v) is 12.6. The molecule has 418 valence electrons. The van der Waals surface area contributed by atoms with E-state index in [0.717, 1.165) is 48.8 Å². The first-order valence-corrected chi connectivity index (χ1v) is 28.9. The Morgan fingerprint density at radius 1 is 0.439 bits per heavy atom. The van der Waals surface area contributed by atoms with Crippen LogP contribution < -0.4 is 14.2 Å². The van der Waals surface area contributed by atoms with Gasteiger partial charge in [-0.05, 0) is 158 Å². The van der Waals surface area contributed by atoms with Crippen LogP contribution in [0.4, 0.5) is 0 Å². The predicted molar refractivity (Wildman–Crippen MR) is 315 cm³/mol. The fraction of sp³-hybridized carbons (Fsp3) is 0.314. The second-order valence-electron chi connectivity index (χ2n) is 23.6. The smallest absolute Gasteiger partial charge is 0.262 e. The van der Waals surface area contributed by atoms with Crippen LogP contribution in [0.1, 0.15) is 191 Å². The molecule has 11 rings (SSSR count). The maximum absolute atomic E-state index is 14.4. The van der Waals surface area contributed by atoms with Crippen LogP contribution in [0, 0.1) is 5.92 Å². The molecule has 7 aromatic carbocycles. The van der Waals surface area contributed by atoms with E-state index >= 15 is 0 Å². The summed E-state index contributed by atoms with van der Waals surface area (Å²) in [7, 11) is 0. The van der Waals surface area contributed by atoms with Gasteiger partial charge in [-0.15, -0.1) is 0 Å². The second kappa shape index (κ2) is 22.0. The van der Waals surface area contributed by atoms with E-state index in [1.165, 1.54) is 20.3 Å². The average Bonchev–Trinajstić information content (AvgIpc) is 2.80. The molecule has 0 saturated heterocycles. The van der Waals surface area contributed by atoms with Crippen molar-refractivity contribution in [3.05, 3.63) is 213 Å². The first-order valence-electron chi connectivity index (χ1n) is 28.9. The third-order valence-electron chi connectivity index (χ3n) is 17.9. The van der Waals surface area contributed by atoms with Crippen molar-refractivity contribution in [2.24, 2.45) is 5.92 Å². The molecule has 3 aliphatic heterocycles. The van der Waals surface area contributed by atoms with Gasteiger partial charge in [0.15, 0.2) is 0 Å². The highest BCUT2D eigenvalue weighted by Gasteiger charge is 2.48. The van der Waals surface area contributed by atoms with Gasteiger partial charge in [-0.1, -0.05) is 134 Å². The summed E-state index contributed by atoms with van der Waals surface area (Å²) in [6.07, 6.45) is 6.97. The summed E-state index contributed by atoms with van der Waals surface area (Å²) >= 11 is 0. The molecule has 0 aromatic heterocycles. The molecule has 6 amide bonds. The van der Waals surface area contributed by atoms with Crippen LogP contribution in [0.25, 0.3) is 0 Å². The number of carbonyl (C=O) groups excluding carboxylic acids is 6. The minimum absolute atomic E-state index is 0.0446. The molecule has 0 radical (unpaired) electrons. The molecule has 0 bridgehead atoms. The summed E-state index contributed by atoms with van der Waals surface area (Å²) in [5.41, 5.74) is 5.07. The molecule has 1 saturated carbocycles. The molecular weight excluding hydrogens is 1030 g/mol. The first kappa shape index (κ1) is 55.3. The van der Waals surface area contributed by atoms with Crippen LogP contribution in [0.2, 0.25) is 0 Å². The number of imide groups is 3. The van der Waals surface area contributed by atoms with Crippen molar-refractivity contribution in [1.29, 1.82) is 0 Å². The zero-order valence-electron chi connectivity index (χ0n) is 47.8. The van der Waals surface area contributed by atoms with Crippen molar-refractivity contribution in [3.63, 3.8) is 0 Å². The molecule has 82 heavy (non-hydrogen) atoms. The zero-order chi connectivity index (χ0) is 57.7. The Balaban J connectivity index is 0.691. The lowest BCUT2D eigenvalue weighted by atomic mass is 9.78. The summed E-state index contributed by atoms with van der Waals surface area (Å²) in [5, 5.41) is 0. The Kier molecular flexibility index (Phi) is 14.8. The molecule has 1 aliphatic carbocycles. The van der Waals surface area contributed by atoms with Crippen molar-refractivity contribution >= 4 is 35.4 Å². The van der Waals surface area contributed by atoms with Crippen LogP contribution in [0.3, 0.4) is 0 Å². The van der Waals surface area contributed by atoms with E-state index in [-0.39, 0.29) is 64.9 Å². The monoisotopic (exact) mass is 1100 g/mol. The van der Waals surface area contributed by atoms with Gasteiger partial charge in [-0.2, -0.15) is 0 Å². The van der Waals surface area contributed by atoms with Gasteiger partial charge in [-0.3, -0.25) is 43.5 Å². The van der Waals surface area contributed by atoms with Crippen molar-refractivity contribution in [2.75, 3.05) is 6.54 Å². The van der Waals surface area contributed by atoms with Gasteiger partial charge in [0.1, 0.15) is 34.5 Å². The maximum Gasteiger partial charge on any atom is 0.262 e. The average molecular weight is 1100 g/mol. The topological polar surface area (TPSA) is 140 Å². The SMILES string of the molecule is CCC(CC)(CCC(C)CN1C(=O)c2ccc(Oc3ccc(C(C)(C)c4ccccc4)cc3)cc2C1=O)N1C(=O)c2ccc(Oc3ccc(C(C)(C)c4ccc(Oc5ccc6c(c5)C(=O)N(C5CCCCC5)C6=O)cc4)cc3)cc2C1=O. The van der Waals surface area contributed by atoms with Gasteiger partial charge in [0, 0.05) is 23.4 Å². The summed E-state index contributed by atoms with van der Waals surface area (Å²) in [4.78, 5) is 87.0. The lowest BCUT2D eigenvalue weighted by Crippen LogP contribution is -2.51. The van der Waals surface area contributed by atoms with Gasteiger partial charge >= 0.3 is 0 Å². The molecule has 12 nitrogen and oxygen atoms in total. The van der Waals surface area contributed by atoms with E-state index in [0.29, 0.717) is 88.0 Å². The molecule has 7 aromatic rings. The summed E-state index contributed by atoms with van der Waals surface area (Å²) < 4.78 is 18.7. The van der Waals surface area contributed by atoms with Crippen LogP contribution in [0.5, 0.6) is 34.5 Å². The van der Waals surface area contributed by atoms with E-state index < -0.39 is 11.0 Å². The third kappa shape index (κ3) is 10.2. The number of rotatable bonds is 19. The highest BCUT2D eigenvalue weighted by molar-refractivity contribution is 6.23. The van der Waals surface area contributed by atoms with Gasteiger partial charge in [0.25, 0.3) is 35.4 Å². The fourth-order valence-electron chi connectivity index (χ4n) is 12.6. The Hall–Kier alpha value is -8.64. The zero-order valence-corrected chi connectivity index (χ0v) is 47.8. The number of hydrogen-bond acceptors (Lipinski definition) is 9. The lowest BCUT2D eigenvalue weighted by molar-refractivity contribution is 0.0357. The Bertz CT molecular complexity index is 3630. The Morgan fingerprint density at radius 2 is 0.805 bits per heavy atom. The largest absolute Gasteiger partial charge is 0.457 e. The molecule has 4 aliphatic rings. The highest BCUT2D eigenvalue weighted by Crippen LogP contribution is 2.42. The van der Waals surface area contributed by atoms with E-state index in [9.17, 15) is 28.8 Å². The maximum atomic E-state index is 14.4. The predicted octanol–water partition coefficient (Wildman–Crippen LogP) is 15.5. The number of fused-ring (bicyclic) bond motifs is 3. The normalized spacial score (nSPS) is 16.0. The van der Waals surface area contributed by atoms with E-state index in [2.05, 4.69) is 39.8 Å². The lowest BCUT2D eigenvalue weighted by Gasteiger charge is -2.40. The van der Waals surface area contributed by atoms with Crippen molar-refractivity contribution in [3.8, 4) is 34.5 Å². The second-order valence-corrected chi connectivity index (χ2v) is 23.6. The number of amides is 6. The number of hydrogen-bond donors (Lipinski definition) is 0. The van der Waals surface area contributed by atoms with Gasteiger partial charge in [-0.25, -0.2) is 0 Å². The Morgan fingerprint density at radius 3 is 1.27 bits per heavy atom. The molecule has 12 heteroatoms. The van der Waals surface area contributed by atoms with Gasteiger partial charge in [0.2, 0.25) is 0 Å². The van der Waals surface area contributed by atoms with Crippen molar-refractivity contribution < 1.29 is 43.0 Å². The molecular formula is C70H69N3O9. The van der Waals surface area contributed by atoms with E-state index in [1.807, 2.05) is 112 Å². The summed E-state index contributed by atoms with van der Waals surface area (Å²) in [6, 6.07) is 48.9. The van der Waals surface area contributed by atoms with Crippen molar-refractivity contribution in [1.82, 2.24) is 14.7 Å². The Labute approximate surface area is 480 Å². The summed E-state index contributed by atoms with van der Waals surface area (Å²) in [6.45, 7) is 14.8. The molecule has 1 unspecified atom stereocenters. The first-order chi connectivity index (χ1) is 39.4. The van der Waals surface area contributed by atoms with Gasteiger partial charge < -0.3 is 14.2 Å². The number of benzene rings is 7. The summed E-state index contributed by atoms with van der Waals surface area (Å²) in [5.74, 6) is 1.11. The van der Waals surface area contributed by atoms with E-state index in [1.54, 1.807) is 54.6 Å². The van der Waals surface area contributed by atoms with Crippen molar-refractivity contribution in [2.45, 2.75) is 129 Å². The number of nitrogens with zero attached hydrogens (tertiary/aromatic N) is 3. The minimum atomic E-state index is -0.800. The number of carbonyl (C=O) groups is 6. The van der Waals surface area contributed by atoms with Crippen LogP contribution in [-0.2, 0) is 10.8 Å². The minimum Gasteiger partial charge on any atom is -0.457 e. The van der Waals surface area contributed by atoms with Crippen LogP contribution in [-0.4, -0.2) is 68.3 Å². The molecule has 0 N–H and O–H groups in total. The van der Waals surface area contributed by atoms with Gasteiger partial charge in [0.05, 0.1) is 38.9 Å². The highest BCUT2D eigenvalue weighted by atomic mass is 16.5. The standard InChI is InChI=1S/C70H69N3O9/c1-8-70(9-2,39-38-44(3)43-71-62(74)56-35-32-53(40-59(56)63(71)75)80-50-26-20-46(21-27-50)68(4,5)45-16-12-10-13-17-45)73-66(78)58-37-34-55(42-61(58)67(73)79)82-52-30-24-48(25-31-52)69(6,7)47-22-28-51(29-23-47)81-54-33-36-57-60(41-54)65(77)72(64(57)76)49-18-14-11-15-19-49/h10,12-13,16-17,20-37,40-42,44,49H,8-9,11,14-15,18-19,38-39,43H2,1-7H3. The molecule has 1 fully saturated rings. The quantitative estimate of drug-likeness (QED) is 0.0724. The third-order valence-corrected chi connectivity index (χ3v) is 17.9.